The minimum Gasteiger partial charge on any atom is -0.456 e. The highest BCUT2D eigenvalue weighted by molar-refractivity contribution is 7.21. The second-order valence-corrected chi connectivity index (χ2v) is 16.1. The average Bonchev–Trinajstić information content (AvgIpc) is 4.04. The number of hydrogen-bond donors (Lipinski definition) is 0. The molecule has 0 bridgehead atoms. The highest BCUT2D eigenvalue weighted by Crippen LogP contribution is 2.42. The van der Waals surface area contributed by atoms with Gasteiger partial charge in [-0.05, 0) is 94.5 Å². The van der Waals surface area contributed by atoms with Crippen LogP contribution in [-0.2, 0) is 0 Å². The van der Waals surface area contributed by atoms with Crippen LogP contribution in [0.1, 0.15) is 0 Å². The first-order valence-electron chi connectivity index (χ1n) is 20.1. The van der Waals surface area contributed by atoms with E-state index < -0.39 is 0 Å². The standard InChI is InChI=1S/C55H34N2O2S/c1-3-10-35(11-4-1)36-18-25-41(26-19-36)57(43-29-22-38(23-30-43)44-15-9-16-46-45-14-7-8-17-48(45)59-54(44)46)42-27-20-37(21-28-42)40-24-31-47-50(34-40)58-49-32-33-51-53(52(47)49)56-55(60-51)39-12-5-2-6-13-39/h1-34H. The van der Waals surface area contributed by atoms with Crippen LogP contribution in [-0.4, -0.2) is 4.98 Å². The van der Waals surface area contributed by atoms with E-state index in [0.29, 0.717) is 0 Å². The van der Waals surface area contributed by atoms with E-state index in [2.05, 4.69) is 193 Å². The first kappa shape index (κ1) is 34.3. The molecule has 0 aliphatic rings. The van der Waals surface area contributed by atoms with Crippen LogP contribution in [0, 0.1) is 0 Å². The van der Waals surface area contributed by atoms with Crippen LogP contribution >= 0.6 is 11.3 Å². The maximum absolute atomic E-state index is 6.49. The van der Waals surface area contributed by atoms with Gasteiger partial charge in [-0.2, -0.15) is 0 Å². The lowest BCUT2D eigenvalue weighted by atomic mass is 10.0. The van der Waals surface area contributed by atoms with Crippen LogP contribution in [0.2, 0.25) is 0 Å². The van der Waals surface area contributed by atoms with Crippen LogP contribution in [0.3, 0.4) is 0 Å². The van der Waals surface area contributed by atoms with E-state index in [1.54, 1.807) is 11.3 Å². The predicted octanol–water partition coefficient (Wildman–Crippen LogP) is 16.2. The molecule has 9 aromatic carbocycles. The molecule has 3 heterocycles. The number of hydrogen-bond acceptors (Lipinski definition) is 5. The largest absolute Gasteiger partial charge is 0.456 e. The normalized spacial score (nSPS) is 11.7. The molecule has 0 saturated carbocycles. The van der Waals surface area contributed by atoms with Gasteiger partial charge in [0, 0.05) is 44.3 Å². The smallest absolute Gasteiger partial charge is 0.143 e. The number of fused-ring (bicyclic) bond motifs is 8. The molecule has 0 atom stereocenters. The van der Waals surface area contributed by atoms with E-state index in [1.165, 1.54) is 11.1 Å². The number of furan rings is 2. The van der Waals surface area contributed by atoms with Gasteiger partial charge in [0.25, 0.3) is 0 Å². The van der Waals surface area contributed by atoms with Crippen molar-refractivity contribution in [3.05, 3.63) is 206 Å². The Bertz CT molecular complexity index is 3510. The van der Waals surface area contributed by atoms with Crippen LogP contribution in [0.5, 0.6) is 0 Å². The lowest BCUT2D eigenvalue weighted by Gasteiger charge is -2.26. The van der Waals surface area contributed by atoms with Crippen molar-refractivity contribution in [1.82, 2.24) is 4.98 Å². The molecule has 0 aliphatic heterocycles. The average molecular weight is 787 g/mol. The number of benzene rings is 9. The number of nitrogens with zero attached hydrogens (tertiary/aromatic N) is 2. The van der Waals surface area contributed by atoms with E-state index in [-0.39, 0.29) is 0 Å². The number of para-hydroxylation sites is 2. The Labute approximate surface area is 349 Å². The molecule has 282 valence electrons. The Kier molecular flexibility index (Phi) is 8.00. The topological polar surface area (TPSA) is 42.4 Å². The van der Waals surface area contributed by atoms with Gasteiger partial charge in [0.2, 0.25) is 0 Å². The summed E-state index contributed by atoms with van der Waals surface area (Å²) in [6.07, 6.45) is 0. The van der Waals surface area contributed by atoms with Crippen LogP contribution in [0.25, 0.3) is 98.0 Å². The Balaban J connectivity index is 0.907. The SMILES string of the molecule is c1ccc(-c2ccc(N(c3ccc(-c4ccc5c(c4)oc4ccc6sc(-c7ccccc7)nc6c45)cc3)c3ccc(-c4cccc5c4oc4ccccc45)cc3)cc2)cc1. The van der Waals surface area contributed by atoms with Gasteiger partial charge < -0.3 is 13.7 Å². The molecule has 60 heavy (non-hydrogen) atoms. The molecule has 0 saturated heterocycles. The fourth-order valence-corrected chi connectivity index (χ4v) is 9.56. The van der Waals surface area contributed by atoms with Gasteiger partial charge in [-0.25, -0.2) is 4.98 Å². The Morgan fingerprint density at radius 3 is 1.68 bits per heavy atom. The van der Waals surface area contributed by atoms with Crippen molar-refractivity contribution in [1.29, 1.82) is 0 Å². The minimum absolute atomic E-state index is 0.851. The molecular formula is C55H34N2O2S. The lowest BCUT2D eigenvalue weighted by Crippen LogP contribution is -2.09. The van der Waals surface area contributed by atoms with Gasteiger partial charge >= 0.3 is 0 Å². The molecule has 12 aromatic rings. The molecule has 0 aliphatic carbocycles. The van der Waals surface area contributed by atoms with Gasteiger partial charge in [0.05, 0.1) is 15.6 Å². The predicted molar refractivity (Wildman–Crippen MR) is 251 cm³/mol. The minimum atomic E-state index is 0.851. The van der Waals surface area contributed by atoms with E-state index in [4.69, 9.17) is 13.8 Å². The molecular weight excluding hydrogens is 753 g/mol. The van der Waals surface area contributed by atoms with Crippen molar-refractivity contribution in [2.45, 2.75) is 0 Å². The molecule has 3 aromatic heterocycles. The quantitative estimate of drug-likeness (QED) is 0.161. The molecule has 0 fully saturated rings. The van der Waals surface area contributed by atoms with Crippen molar-refractivity contribution in [2.24, 2.45) is 0 Å². The highest BCUT2D eigenvalue weighted by Gasteiger charge is 2.18. The second-order valence-electron chi connectivity index (χ2n) is 15.1. The molecule has 0 N–H and O–H groups in total. The van der Waals surface area contributed by atoms with Crippen LogP contribution in [0.4, 0.5) is 17.1 Å². The molecule has 0 spiro atoms. The fraction of sp³-hybridized carbons (Fsp3) is 0. The summed E-state index contributed by atoms with van der Waals surface area (Å²) in [6.45, 7) is 0. The first-order valence-corrected chi connectivity index (χ1v) is 20.9. The highest BCUT2D eigenvalue weighted by atomic mass is 32.1. The number of rotatable bonds is 7. The van der Waals surface area contributed by atoms with Crippen molar-refractivity contribution in [3.63, 3.8) is 0 Å². The number of aromatic nitrogens is 1. The zero-order valence-electron chi connectivity index (χ0n) is 32.2. The Morgan fingerprint density at radius 2 is 0.967 bits per heavy atom. The summed E-state index contributed by atoms with van der Waals surface area (Å²) in [6, 6.07) is 72.7. The molecule has 0 unspecified atom stereocenters. The number of thiazole rings is 1. The summed E-state index contributed by atoms with van der Waals surface area (Å²) in [5.41, 5.74) is 15.6. The summed E-state index contributed by atoms with van der Waals surface area (Å²) >= 11 is 1.72. The first-order chi connectivity index (χ1) is 29.7. The molecule has 12 rings (SSSR count). The second kappa shape index (κ2) is 14.0. The van der Waals surface area contributed by atoms with Gasteiger partial charge in [-0.1, -0.05) is 140 Å². The zero-order chi connectivity index (χ0) is 39.6. The van der Waals surface area contributed by atoms with Gasteiger partial charge in [0.15, 0.2) is 0 Å². The summed E-state index contributed by atoms with van der Waals surface area (Å²) in [7, 11) is 0. The summed E-state index contributed by atoms with van der Waals surface area (Å²) in [5, 5.41) is 5.41. The van der Waals surface area contributed by atoms with E-state index in [9.17, 15) is 0 Å². The van der Waals surface area contributed by atoms with Crippen molar-refractivity contribution >= 4 is 82.5 Å². The summed E-state index contributed by atoms with van der Waals surface area (Å²) in [5.74, 6) is 0. The maximum Gasteiger partial charge on any atom is 0.143 e. The van der Waals surface area contributed by atoms with Gasteiger partial charge in [-0.3, -0.25) is 0 Å². The third-order valence-corrected chi connectivity index (χ3v) is 12.6. The van der Waals surface area contributed by atoms with Crippen LogP contribution in [0.15, 0.2) is 215 Å². The molecule has 0 radical (unpaired) electrons. The number of anilines is 3. The van der Waals surface area contributed by atoms with E-state index >= 15 is 0 Å². The third-order valence-electron chi connectivity index (χ3n) is 11.5. The lowest BCUT2D eigenvalue weighted by molar-refractivity contribution is 0.669. The monoisotopic (exact) mass is 786 g/mol. The van der Waals surface area contributed by atoms with Gasteiger partial charge in [0.1, 0.15) is 27.3 Å². The Morgan fingerprint density at radius 1 is 0.383 bits per heavy atom. The fourth-order valence-electron chi connectivity index (χ4n) is 8.58. The summed E-state index contributed by atoms with van der Waals surface area (Å²) in [4.78, 5) is 7.42. The summed E-state index contributed by atoms with van der Waals surface area (Å²) < 4.78 is 14.0. The van der Waals surface area contributed by atoms with Crippen molar-refractivity contribution < 1.29 is 8.83 Å². The zero-order valence-corrected chi connectivity index (χ0v) is 33.1. The van der Waals surface area contributed by atoms with E-state index in [0.717, 1.165) is 104 Å². The maximum atomic E-state index is 6.49. The Hall–Kier alpha value is -7.73. The van der Waals surface area contributed by atoms with Gasteiger partial charge in [-0.15, -0.1) is 11.3 Å². The molecule has 4 nitrogen and oxygen atoms in total. The molecule has 0 amide bonds. The molecule has 5 heteroatoms. The third kappa shape index (κ3) is 5.78. The van der Waals surface area contributed by atoms with E-state index in [1.807, 2.05) is 18.2 Å². The van der Waals surface area contributed by atoms with Crippen molar-refractivity contribution in [3.8, 4) is 44.0 Å². The van der Waals surface area contributed by atoms with Crippen molar-refractivity contribution in [2.75, 3.05) is 4.90 Å². The van der Waals surface area contributed by atoms with Crippen LogP contribution < -0.4 is 4.90 Å².